The molecule has 7 nitrogen and oxygen atoms in total. The highest BCUT2D eigenvalue weighted by Gasteiger charge is 2.22. The predicted octanol–water partition coefficient (Wildman–Crippen LogP) is 3.91. The molecule has 0 unspecified atom stereocenters. The molecule has 2 aromatic carbocycles. The van der Waals surface area contributed by atoms with Gasteiger partial charge in [-0.3, -0.25) is 4.79 Å². The van der Waals surface area contributed by atoms with E-state index in [-0.39, 0.29) is 28.2 Å². The van der Waals surface area contributed by atoms with Crippen LogP contribution in [0.4, 0.5) is 5.69 Å². The monoisotopic (exact) mass is 411 g/mol. The minimum Gasteiger partial charge on any atom is -0.494 e. The number of nitrogens with one attached hydrogen (secondary N) is 1. The average Bonchev–Trinajstić information content (AvgIpc) is 3.09. The molecule has 1 heterocycles. The Morgan fingerprint density at radius 3 is 2.44 bits per heavy atom. The van der Waals surface area contributed by atoms with Crippen LogP contribution in [-0.2, 0) is 9.53 Å². The summed E-state index contributed by atoms with van der Waals surface area (Å²) < 4.78 is 20.7. The highest BCUT2D eigenvalue weighted by Crippen LogP contribution is 2.35. The number of carbonyl (C=O) groups excluding carboxylic acids is 2. The number of rotatable bonds is 5. The maximum atomic E-state index is 12.3. The van der Waals surface area contributed by atoms with Crippen molar-refractivity contribution in [1.29, 1.82) is 0 Å². The smallest absolute Gasteiger partial charge is 0.339 e. The second-order valence-corrected chi connectivity index (χ2v) is 6.39. The number of halogens is 2. The third kappa shape index (κ3) is 4.20. The van der Waals surface area contributed by atoms with Gasteiger partial charge in [0, 0.05) is 11.8 Å². The van der Waals surface area contributed by atoms with E-state index < -0.39 is 18.0 Å². The van der Waals surface area contributed by atoms with Gasteiger partial charge in [-0.15, -0.1) is 0 Å². The van der Waals surface area contributed by atoms with Crippen LogP contribution in [0.15, 0.2) is 30.3 Å². The summed E-state index contributed by atoms with van der Waals surface area (Å²) in [4.78, 5) is 24.6. The van der Waals surface area contributed by atoms with Gasteiger partial charge in [0.1, 0.15) is 0 Å². The van der Waals surface area contributed by atoms with Gasteiger partial charge in [-0.1, -0.05) is 23.2 Å². The second kappa shape index (κ2) is 7.94. The lowest BCUT2D eigenvalue weighted by Crippen LogP contribution is -2.30. The van der Waals surface area contributed by atoms with Crippen LogP contribution in [-0.4, -0.2) is 31.9 Å². The molecule has 1 N–H and O–H groups in total. The summed E-state index contributed by atoms with van der Waals surface area (Å²) >= 11 is 12.0. The van der Waals surface area contributed by atoms with Crippen LogP contribution in [0.2, 0.25) is 10.0 Å². The van der Waals surface area contributed by atoms with Crippen molar-refractivity contribution < 1.29 is 28.5 Å². The van der Waals surface area contributed by atoms with Gasteiger partial charge >= 0.3 is 5.97 Å². The van der Waals surface area contributed by atoms with Crippen LogP contribution in [0.5, 0.6) is 17.2 Å². The quantitative estimate of drug-likeness (QED) is 0.750. The summed E-state index contributed by atoms with van der Waals surface area (Å²) in [5.74, 6) is 0.131. The number of ether oxygens (including phenoxy) is 4. The van der Waals surface area contributed by atoms with Gasteiger partial charge < -0.3 is 24.3 Å². The fourth-order valence-corrected chi connectivity index (χ4v) is 3.01. The molecule has 0 bridgehead atoms. The van der Waals surface area contributed by atoms with Gasteiger partial charge in [-0.25, -0.2) is 4.79 Å². The van der Waals surface area contributed by atoms with Gasteiger partial charge in [0.25, 0.3) is 5.91 Å². The molecular weight excluding hydrogens is 397 g/mol. The molecule has 0 saturated heterocycles. The van der Waals surface area contributed by atoms with Crippen LogP contribution in [0.1, 0.15) is 17.3 Å². The summed E-state index contributed by atoms with van der Waals surface area (Å²) in [6.07, 6.45) is -1.05. The zero-order valence-electron chi connectivity index (χ0n) is 14.4. The molecule has 2 aromatic rings. The number of carbonyl (C=O) groups is 2. The maximum absolute atomic E-state index is 12.3. The fraction of sp³-hybridized carbons (Fsp3) is 0.222. The van der Waals surface area contributed by atoms with E-state index in [0.29, 0.717) is 17.2 Å². The van der Waals surface area contributed by atoms with E-state index in [1.807, 2.05) is 0 Å². The number of benzene rings is 2. The Balaban J connectivity index is 1.65. The predicted molar refractivity (Wildman–Crippen MR) is 99.1 cm³/mol. The molecule has 3 rings (SSSR count). The first kappa shape index (κ1) is 19.1. The van der Waals surface area contributed by atoms with Crippen molar-refractivity contribution in [2.24, 2.45) is 0 Å². The lowest BCUT2D eigenvalue weighted by molar-refractivity contribution is -0.123. The largest absolute Gasteiger partial charge is 0.494 e. The number of hydrogen-bond donors (Lipinski definition) is 1. The minimum absolute atomic E-state index is 0.105. The van der Waals surface area contributed by atoms with Crippen LogP contribution >= 0.6 is 23.2 Å². The van der Waals surface area contributed by atoms with Crippen molar-refractivity contribution in [3.63, 3.8) is 0 Å². The number of amides is 1. The molecule has 0 aliphatic carbocycles. The number of anilines is 1. The Labute approximate surface area is 165 Å². The second-order valence-electron chi connectivity index (χ2n) is 5.58. The number of esters is 1. The first-order chi connectivity index (χ1) is 12.9. The highest BCUT2D eigenvalue weighted by atomic mass is 35.5. The van der Waals surface area contributed by atoms with Crippen LogP contribution in [0.25, 0.3) is 0 Å². The van der Waals surface area contributed by atoms with Gasteiger partial charge in [0.2, 0.25) is 6.79 Å². The molecule has 0 spiro atoms. The maximum Gasteiger partial charge on any atom is 0.339 e. The third-order valence-electron chi connectivity index (χ3n) is 3.73. The summed E-state index contributed by atoms with van der Waals surface area (Å²) in [5, 5.41) is 2.97. The molecule has 1 atom stereocenters. The zero-order chi connectivity index (χ0) is 19.6. The van der Waals surface area contributed by atoms with Crippen molar-refractivity contribution in [2.45, 2.75) is 13.0 Å². The number of methoxy groups -OCH3 is 1. The fourth-order valence-electron chi connectivity index (χ4n) is 2.37. The molecule has 1 aliphatic heterocycles. The van der Waals surface area contributed by atoms with Crippen molar-refractivity contribution >= 4 is 40.8 Å². The van der Waals surface area contributed by atoms with E-state index in [2.05, 4.69) is 5.32 Å². The standard InChI is InChI=1S/C18H15Cl2NO6/c1-9(17(22)21-11-3-4-14-15(7-11)26-8-25-14)27-18(23)10-5-12(19)16(24-2)13(20)6-10/h3-7,9H,8H2,1-2H3,(H,21,22)/t9-/m1/s1. The molecule has 1 aliphatic rings. The van der Waals surface area contributed by atoms with Crippen LogP contribution < -0.4 is 19.5 Å². The molecule has 0 aromatic heterocycles. The van der Waals surface area contributed by atoms with Crippen molar-refractivity contribution in [3.05, 3.63) is 45.9 Å². The Morgan fingerprint density at radius 1 is 1.11 bits per heavy atom. The third-order valence-corrected chi connectivity index (χ3v) is 4.29. The molecule has 9 heteroatoms. The average molecular weight is 412 g/mol. The number of hydrogen-bond acceptors (Lipinski definition) is 6. The Kier molecular flexibility index (Phi) is 5.62. The van der Waals surface area contributed by atoms with E-state index in [1.54, 1.807) is 18.2 Å². The molecule has 142 valence electrons. The summed E-state index contributed by atoms with van der Waals surface area (Å²) in [6, 6.07) is 7.67. The molecule has 0 radical (unpaired) electrons. The normalized spacial score (nSPS) is 13.0. The van der Waals surface area contributed by atoms with Gasteiger partial charge in [0.05, 0.1) is 22.7 Å². The minimum atomic E-state index is -1.05. The molecule has 1 amide bonds. The summed E-state index contributed by atoms with van der Waals surface area (Å²) in [5.41, 5.74) is 0.594. The van der Waals surface area contributed by atoms with E-state index in [9.17, 15) is 9.59 Å². The summed E-state index contributed by atoms with van der Waals surface area (Å²) in [7, 11) is 1.41. The molecular formula is C18H15Cl2NO6. The van der Waals surface area contributed by atoms with E-state index in [1.165, 1.54) is 26.2 Å². The topological polar surface area (TPSA) is 83.1 Å². The highest BCUT2D eigenvalue weighted by molar-refractivity contribution is 6.37. The van der Waals surface area contributed by atoms with Gasteiger partial charge in [-0.05, 0) is 31.2 Å². The van der Waals surface area contributed by atoms with E-state index >= 15 is 0 Å². The molecule has 27 heavy (non-hydrogen) atoms. The van der Waals surface area contributed by atoms with Gasteiger partial charge in [0.15, 0.2) is 23.4 Å². The number of fused-ring (bicyclic) bond motifs is 1. The van der Waals surface area contributed by atoms with Gasteiger partial charge in [-0.2, -0.15) is 0 Å². The van der Waals surface area contributed by atoms with Crippen molar-refractivity contribution in [2.75, 3.05) is 19.2 Å². The first-order valence-corrected chi connectivity index (χ1v) is 8.59. The van der Waals surface area contributed by atoms with Crippen molar-refractivity contribution in [3.8, 4) is 17.2 Å². The SMILES string of the molecule is COc1c(Cl)cc(C(=O)O[C@H](C)C(=O)Nc2ccc3c(c2)OCO3)cc1Cl. The first-order valence-electron chi connectivity index (χ1n) is 7.83. The molecule has 0 saturated carbocycles. The molecule has 0 fully saturated rings. The van der Waals surface area contributed by atoms with Crippen molar-refractivity contribution in [1.82, 2.24) is 0 Å². The Bertz CT molecular complexity index is 878. The Hall–Kier alpha value is -2.64. The Morgan fingerprint density at radius 2 is 1.78 bits per heavy atom. The van der Waals surface area contributed by atoms with E-state index in [4.69, 9.17) is 42.1 Å². The lowest BCUT2D eigenvalue weighted by atomic mass is 10.2. The van der Waals surface area contributed by atoms with E-state index in [0.717, 1.165) is 0 Å². The van der Waals surface area contributed by atoms with Crippen LogP contribution in [0.3, 0.4) is 0 Å². The van der Waals surface area contributed by atoms with Crippen LogP contribution in [0, 0.1) is 0 Å². The zero-order valence-corrected chi connectivity index (χ0v) is 15.9. The summed E-state index contributed by atoms with van der Waals surface area (Å²) in [6.45, 7) is 1.58. The lowest BCUT2D eigenvalue weighted by Gasteiger charge is -2.14.